The molecular formula is C19H17NO4. The lowest BCUT2D eigenvalue weighted by atomic mass is 9.73. The van der Waals surface area contributed by atoms with Crippen molar-refractivity contribution in [2.75, 3.05) is 13.6 Å². The summed E-state index contributed by atoms with van der Waals surface area (Å²) in [4.78, 5) is 0. The van der Waals surface area contributed by atoms with Crippen LogP contribution in [0.15, 0.2) is 24.3 Å². The zero-order valence-corrected chi connectivity index (χ0v) is 13.1. The number of hydrogen-bond donors (Lipinski definition) is 1. The first-order valence-electron chi connectivity index (χ1n) is 8.43. The molecule has 0 saturated carbocycles. The number of ether oxygens (including phenoxy) is 4. The lowest BCUT2D eigenvalue weighted by molar-refractivity contribution is 0.172. The number of fused-ring (bicyclic) bond motifs is 7. The Labute approximate surface area is 139 Å². The highest BCUT2D eigenvalue weighted by Gasteiger charge is 2.37. The highest BCUT2D eigenvalue weighted by Crippen LogP contribution is 2.46. The Balaban J connectivity index is 1.44. The predicted octanol–water partition coefficient (Wildman–Crippen LogP) is 2.50. The monoisotopic (exact) mass is 323 g/mol. The van der Waals surface area contributed by atoms with Gasteiger partial charge in [-0.05, 0) is 47.7 Å². The average Bonchev–Trinajstić information content (AvgIpc) is 3.26. The van der Waals surface area contributed by atoms with E-state index in [1.807, 2.05) is 0 Å². The van der Waals surface area contributed by atoms with Gasteiger partial charge < -0.3 is 24.3 Å². The van der Waals surface area contributed by atoms with Gasteiger partial charge in [0.05, 0.1) is 0 Å². The number of rotatable bonds is 0. The van der Waals surface area contributed by atoms with Gasteiger partial charge >= 0.3 is 0 Å². The summed E-state index contributed by atoms with van der Waals surface area (Å²) in [7, 11) is 0. The summed E-state index contributed by atoms with van der Waals surface area (Å²) in [5.41, 5.74) is 5.40. The molecule has 3 aliphatic heterocycles. The van der Waals surface area contributed by atoms with Crippen LogP contribution < -0.4 is 24.3 Å². The topological polar surface area (TPSA) is 49.0 Å². The third kappa shape index (κ3) is 1.68. The first kappa shape index (κ1) is 13.0. The van der Waals surface area contributed by atoms with Gasteiger partial charge in [0.1, 0.15) is 0 Å². The van der Waals surface area contributed by atoms with Gasteiger partial charge in [-0.3, -0.25) is 0 Å². The van der Waals surface area contributed by atoms with Gasteiger partial charge in [-0.1, -0.05) is 6.07 Å². The lowest BCUT2D eigenvalue weighted by Crippen LogP contribution is -2.44. The van der Waals surface area contributed by atoms with Gasteiger partial charge in [0.25, 0.3) is 0 Å². The van der Waals surface area contributed by atoms with E-state index in [1.165, 1.54) is 22.3 Å². The zero-order valence-electron chi connectivity index (χ0n) is 13.1. The summed E-state index contributed by atoms with van der Waals surface area (Å²) in [6.45, 7) is 1.49. The van der Waals surface area contributed by atoms with Crippen LogP contribution in [0, 0.1) is 0 Å². The highest BCUT2D eigenvalue weighted by molar-refractivity contribution is 5.56. The Morgan fingerprint density at radius 3 is 2.46 bits per heavy atom. The fourth-order valence-corrected chi connectivity index (χ4v) is 4.51. The number of nitrogens with one attached hydrogen (secondary N) is 1. The Morgan fingerprint density at radius 2 is 1.58 bits per heavy atom. The molecule has 0 bridgehead atoms. The van der Waals surface area contributed by atoms with Crippen LogP contribution in [0.1, 0.15) is 28.2 Å². The van der Waals surface area contributed by atoms with Crippen LogP contribution >= 0.6 is 0 Å². The molecule has 5 heteroatoms. The van der Waals surface area contributed by atoms with E-state index in [0.717, 1.165) is 42.4 Å². The molecule has 2 aromatic rings. The average molecular weight is 323 g/mol. The fourth-order valence-electron chi connectivity index (χ4n) is 4.51. The molecule has 0 fully saturated rings. The second-order valence-corrected chi connectivity index (χ2v) is 6.84. The molecule has 4 aliphatic rings. The van der Waals surface area contributed by atoms with Gasteiger partial charge in [0.15, 0.2) is 23.0 Å². The molecular weight excluding hydrogens is 306 g/mol. The predicted molar refractivity (Wildman–Crippen MR) is 85.9 cm³/mol. The Morgan fingerprint density at radius 1 is 0.833 bits per heavy atom. The van der Waals surface area contributed by atoms with E-state index in [1.54, 1.807) is 0 Å². The van der Waals surface area contributed by atoms with E-state index in [0.29, 0.717) is 25.5 Å². The van der Waals surface area contributed by atoms with Gasteiger partial charge in [-0.25, -0.2) is 0 Å². The maximum absolute atomic E-state index is 5.71. The molecule has 24 heavy (non-hydrogen) atoms. The molecule has 0 radical (unpaired) electrons. The zero-order chi connectivity index (χ0) is 15.7. The first-order chi connectivity index (χ1) is 11.9. The minimum Gasteiger partial charge on any atom is -0.454 e. The van der Waals surface area contributed by atoms with Crippen molar-refractivity contribution in [3.05, 3.63) is 46.5 Å². The van der Waals surface area contributed by atoms with Crippen molar-refractivity contribution in [3.8, 4) is 23.0 Å². The van der Waals surface area contributed by atoms with E-state index in [2.05, 4.69) is 29.6 Å². The van der Waals surface area contributed by atoms with Crippen LogP contribution in [0.2, 0.25) is 0 Å². The third-order valence-electron chi connectivity index (χ3n) is 5.68. The number of hydrogen-bond acceptors (Lipinski definition) is 5. The molecule has 0 saturated heterocycles. The van der Waals surface area contributed by atoms with Gasteiger partial charge in [0, 0.05) is 24.1 Å². The molecule has 122 valence electrons. The van der Waals surface area contributed by atoms with E-state index in [9.17, 15) is 0 Å². The summed E-state index contributed by atoms with van der Waals surface area (Å²) in [6, 6.07) is 9.04. The van der Waals surface area contributed by atoms with E-state index in [-0.39, 0.29) is 0 Å². The molecule has 2 atom stereocenters. The van der Waals surface area contributed by atoms with Crippen LogP contribution in [-0.4, -0.2) is 19.6 Å². The maximum Gasteiger partial charge on any atom is 0.231 e. The van der Waals surface area contributed by atoms with Crippen LogP contribution in [0.5, 0.6) is 23.0 Å². The second kappa shape index (κ2) is 4.57. The molecule has 0 aromatic heterocycles. The summed E-state index contributed by atoms with van der Waals surface area (Å²) in [5.74, 6) is 4.01. The second-order valence-electron chi connectivity index (χ2n) is 6.84. The molecule has 1 N–H and O–H groups in total. The summed E-state index contributed by atoms with van der Waals surface area (Å²) in [6.07, 6.45) is 2.03. The Hall–Kier alpha value is -2.40. The highest BCUT2D eigenvalue weighted by atomic mass is 16.7. The minimum absolute atomic E-state index is 0.326. The van der Waals surface area contributed by atoms with E-state index >= 15 is 0 Å². The molecule has 0 spiro atoms. The SMILES string of the molecule is c1c2c(cc3c1OCO3)CC1c3ccc4c(c3CNC1C2)OCO4. The third-order valence-corrected chi connectivity index (χ3v) is 5.68. The molecule has 2 aromatic carbocycles. The minimum atomic E-state index is 0.326. The van der Waals surface area contributed by atoms with Gasteiger partial charge in [0.2, 0.25) is 13.6 Å². The van der Waals surface area contributed by atoms with Crippen molar-refractivity contribution in [1.29, 1.82) is 0 Å². The first-order valence-corrected chi connectivity index (χ1v) is 8.43. The van der Waals surface area contributed by atoms with Gasteiger partial charge in [-0.15, -0.1) is 0 Å². The molecule has 6 rings (SSSR count). The molecule has 5 nitrogen and oxygen atoms in total. The normalized spacial score (nSPS) is 25.0. The molecule has 2 unspecified atom stereocenters. The van der Waals surface area contributed by atoms with Crippen molar-refractivity contribution in [3.63, 3.8) is 0 Å². The van der Waals surface area contributed by atoms with Crippen LogP contribution in [-0.2, 0) is 19.4 Å². The summed E-state index contributed by atoms with van der Waals surface area (Å²) < 4.78 is 22.3. The van der Waals surface area contributed by atoms with Crippen molar-refractivity contribution >= 4 is 0 Å². The van der Waals surface area contributed by atoms with Crippen molar-refractivity contribution in [2.24, 2.45) is 0 Å². The number of benzene rings is 2. The molecule has 1 aliphatic carbocycles. The lowest BCUT2D eigenvalue weighted by Gasteiger charge is -2.39. The van der Waals surface area contributed by atoms with E-state index < -0.39 is 0 Å². The van der Waals surface area contributed by atoms with Crippen LogP contribution in [0.4, 0.5) is 0 Å². The van der Waals surface area contributed by atoms with Crippen LogP contribution in [0.3, 0.4) is 0 Å². The standard InChI is InChI=1S/C19H17NO4/c1-2-16-19(24-9-21-16)14-7-20-15-4-11-6-18-17(22-8-23-18)5-10(11)3-13(15)12(1)14/h1-2,5-6,13,15,20H,3-4,7-9H2. The van der Waals surface area contributed by atoms with Crippen molar-refractivity contribution < 1.29 is 18.9 Å². The fraction of sp³-hybridized carbons (Fsp3) is 0.368. The quantitative estimate of drug-likeness (QED) is 0.807. The van der Waals surface area contributed by atoms with Crippen molar-refractivity contribution in [1.82, 2.24) is 5.32 Å². The van der Waals surface area contributed by atoms with Gasteiger partial charge in [-0.2, -0.15) is 0 Å². The van der Waals surface area contributed by atoms with Crippen molar-refractivity contribution in [2.45, 2.75) is 31.3 Å². The summed E-state index contributed by atoms with van der Waals surface area (Å²) >= 11 is 0. The van der Waals surface area contributed by atoms with E-state index in [4.69, 9.17) is 18.9 Å². The largest absolute Gasteiger partial charge is 0.454 e. The Kier molecular flexibility index (Phi) is 2.47. The molecule has 0 amide bonds. The van der Waals surface area contributed by atoms with Crippen LogP contribution in [0.25, 0.3) is 0 Å². The Bertz CT molecular complexity index is 863. The smallest absolute Gasteiger partial charge is 0.231 e. The molecule has 3 heterocycles. The summed E-state index contributed by atoms with van der Waals surface area (Å²) in [5, 5.41) is 3.71. The maximum atomic E-state index is 5.71.